The van der Waals surface area contributed by atoms with Gasteiger partial charge in [0.25, 0.3) is 0 Å². The van der Waals surface area contributed by atoms with Crippen LogP contribution in [0.25, 0.3) is 22.3 Å². The van der Waals surface area contributed by atoms with Crippen molar-refractivity contribution < 1.29 is 23.5 Å². The van der Waals surface area contributed by atoms with Crippen molar-refractivity contribution >= 4 is 22.9 Å². The van der Waals surface area contributed by atoms with Crippen LogP contribution in [0.4, 0.5) is 0 Å². The van der Waals surface area contributed by atoms with Gasteiger partial charge in [-0.05, 0) is 24.3 Å². The van der Waals surface area contributed by atoms with Crippen LogP contribution >= 0.6 is 0 Å². The lowest BCUT2D eigenvalue weighted by Crippen LogP contribution is -2.12. The maximum Gasteiger partial charge on any atom is 0.343 e. The van der Waals surface area contributed by atoms with Gasteiger partial charge >= 0.3 is 11.9 Å². The molecule has 0 aliphatic heterocycles. The zero-order valence-electron chi connectivity index (χ0n) is 18.3. The van der Waals surface area contributed by atoms with Crippen LogP contribution in [0.2, 0.25) is 0 Å². The van der Waals surface area contributed by atoms with E-state index in [9.17, 15) is 14.4 Å². The van der Waals surface area contributed by atoms with E-state index in [1.807, 2.05) is 18.2 Å². The van der Waals surface area contributed by atoms with Crippen LogP contribution in [0.15, 0.2) is 118 Å². The molecule has 170 valence electrons. The smallest absolute Gasteiger partial charge is 0.343 e. The lowest BCUT2D eigenvalue weighted by molar-refractivity contribution is 0.0734. The molecule has 0 fully saturated rings. The Morgan fingerprint density at radius 1 is 0.629 bits per heavy atom. The SMILES string of the molecule is O=C(Oc1cc(OC(=O)c2ccccc2)c2c(=O)cc(-c3ccccc3)oc2c1)c1ccccc1. The van der Waals surface area contributed by atoms with Crippen LogP contribution in [0.3, 0.4) is 0 Å². The van der Waals surface area contributed by atoms with Crippen molar-refractivity contribution in [1.82, 2.24) is 0 Å². The molecule has 0 saturated heterocycles. The van der Waals surface area contributed by atoms with Crippen molar-refractivity contribution in [3.63, 3.8) is 0 Å². The molecule has 1 aromatic heterocycles. The van der Waals surface area contributed by atoms with E-state index in [2.05, 4.69) is 0 Å². The van der Waals surface area contributed by atoms with Gasteiger partial charge in [-0.25, -0.2) is 9.59 Å². The van der Waals surface area contributed by atoms with Crippen LogP contribution in [0.1, 0.15) is 20.7 Å². The number of ether oxygens (including phenoxy) is 2. The van der Waals surface area contributed by atoms with Gasteiger partial charge in [0.1, 0.15) is 28.2 Å². The second-order valence-corrected chi connectivity index (χ2v) is 7.65. The van der Waals surface area contributed by atoms with Crippen molar-refractivity contribution in [1.29, 1.82) is 0 Å². The first kappa shape index (κ1) is 21.9. The topological polar surface area (TPSA) is 82.8 Å². The van der Waals surface area contributed by atoms with Gasteiger partial charge in [-0.2, -0.15) is 0 Å². The van der Waals surface area contributed by atoms with Crippen LogP contribution in [0.5, 0.6) is 11.5 Å². The van der Waals surface area contributed by atoms with Gasteiger partial charge < -0.3 is 13.9 Å². The molecule has 0 unspecified atom stereocenters. The molecule has 5 aromatic rings. The summed E-state index contributed by atoms with van der Waals surface area (Å²) in [5, 5.41) is 0.0634. The van der Waals surface area contributed by atoms with E-state index in [-0.39, 0.29) is 22.5 Å². The Balaban J connectivity index is 1.61. The zero-order chi connectivity index (χ0) is 24.2. The second-order valence-electron chi connectivity index (χ2n) is 7.65. The summed E-state index contributed by atoms with van der Waals surface area (Å²) in [6.45, 7) is 0. The van der Waals surface area contributed by atoms with Gasteiger partial charge in [-0.15, -0.1) is 0 Å². The summed E-state index contributed by atoms with van der Waals surface area (Å²) in [5.74, 6) is -0.942. The van der Waals surface area contributed by atoms with Crippen molar-refractivity contribution in [3.8, 4) is 22.8 Å². The maximum atomic E-state index is 13.1. The number of fused-ring (bicyclic) bond motifs is 1. The number of esters is 2. The van der Waals surface area contributed by atoms with Gasteiger partial charge in [0, 0.05) is 23.8 Å². The lowest BCUT2D eigenvalue weighted by Gasteiger charge is -2.11. The molecule has 6 heteroatoms. The minimum absolute atomic E-state index is 0.0634. The van der Waals surface area contributed by atoms with Crippen molar-refractivity contribution in [3.05, 3.63) is 131 Å². The third-order valence-electron chi connectivity index (χ3n) is 5.26. The summed E-state index contributed by atoms with van der Waals surface area (Å²) in [6, 6.07) is 30.1. The summed E-state index contributed by atoms with van der Waals surface area (Å²) < 4.78 is 17.1. The molecular weight excluding hydrogens is 444 g/mol. The molecule has 0 radical (unpaired) electrons. The highest BCUT2D eigenvalue weighted by Crippen LogP contribution is 2.33. The predicted octanol–water partition coefficient (Wildman–Crippen LogP) is 5.90. The Morgan fingerprint density at radius 3 is 1.77 bits per heavy atom. The summed E-state index contributed by atoms with van der Waals surface area (Å²) in [5.41, 5.74) is 1.06. The van der Waals surface area contributed by atoms with Crippen LogP contribution < -0.4 is 14.9 Å². The van der Waals surface area contributed by atoms with Gasteiger partial charge in [-0.1, -0.05) is 66.7 Å². The molecule has 0 saturated carbocycles. The number of carbonyl (C=O) groups is 2. The van der Waals surface area contributed by atoms with Crippen molar-refractivity contribution in [2.24, 2.45) is 0 Å². The monoisotopic (exact) mass is 462 g/mol. The minimum Gasteiger partial charge on any atom is -0.456 e. The molecule has 5 rings (SSSR count). The molecule has 35 heavy (non-hydrogen) atoms. The van der Waals surface area contributed by atoms with Gasteiger partial charge in [0.15, 0.2) is 5.43 Å². The second kappa shape index (κ2) is 9.49. The average Bonchev–Trinajstić information content (AvgIpc) is 2.89. The van der Waals surface area contributed by atoms with Crippen LogP contribution in [-0.2, 0) is 0 Å². The average molecular weight is 462 g/mol. The molecule has 0 atom stereocenters. The highest BCUT2D eigenvalue weighted by Gasteiger charge is 2.19. The highest BCUT2D eigenvalue weighted by atomic mass is 16.5. The summed E-state index contributed by atoms with van der Waals surface area (Å²) in [4.78, 5) is 38.5. The molecule has 1 heterocycles. The van der Waals surface area contributed by atoms with Crippen LogP contribution in [0, 0.1) is 0 Å². The van der Waals surface area contributed by atoms with Crippen molar-refractivity contribution in [2.45, 2.75) is 0 Å². The Bertz CT molecular complexity index is 1570. The molecule has 0 aliphatic carbocycles. The lowest BCUT2D eigenvalue weighted by atomic mass is 10.1. The Kier molecular flexibility index (Phi) is 5.92. The van der Waals surface area contributed by atoms with Gasteiger partial charge in [-0.3, -0.25) is 4.79 Å². The molecular formula is C29H18O6. The molecule has 0 N–H and O–H groups in total. The Morgan fingerprint density at radius 2 is 1.17 bits per heavy atom. The van der Waals surface area contributed by atoms with Gasteiger partial charge in [0.05, 0.1) is 11.1 Å². The van der Waals surface area contributed by atoms with E-state index in [1.165, 1.54) is 18.2 Å². The van der Waals surface area contributed by atoms with Gasteiger partial charge in [0.2, 0.25) is 0 Å². The first-order chi connectivity index (χ1) is 17.1. The van der Waals surface area contributed by atoms with Crippen molar-refractivity contribution in [2.75, 3.05) is 0 Å². The summed E-state index contributed by atoms with van der Waals surface area (Å²) >= 11 is 0. The summed E-state index contributed by atoms with van der Waals surface area (Å²) in [6.07, 6.45) is 0. The first-order valence-electron chi connectivity index (χ1n) is 10.8. The normalized spacial score (nSPS) is 10.6. The number of carbonyl (C=O) groups excluding carboxylic acids is 2. The molecule has 4 aromatic carbocycles. The van der Waals surface area contributed by atoms with Crippen LogP contribution in [-0.4, -0.2) is 11.9 Å². The molecule has 0 bridgehead atoms. The summed E-state index contributed by atoms with van der Waals surface area (Å²) in [7, 11) is 0. The Hall–Kier alpha value is -4.97. The maximum absolute atomic E-state index is 13.1. The standard InChI is InChI=1S/C29H18O6/c30-23-18-24(19-10-4-1-5-11-19)34-25-16-22(33-28(31)20-12-6-2-7-13-20)17-26(27(23)25)35-29(32)21-14-8-3-9-15-21/h1-18H. The van der Waals surface area contributed by atoms with E-state index in [0.717, 1.165) is 0 Å². The number of hydrogen-bond acceptors (Lipinski definition) is 6. The zero-order valence-corrected chi connectivity index (χ0v) is 18.3. The molecule has 0 aliphatic rings. The predicted molar refractivity (Wildman–Crippen MR) is 131 cm³/mol. The fraction of sp³-hybridized carbons (Fsp3) is 0. The third kappa shape index (κ3) is 4.72. The fourth-order valence-corrected chi connectivity index (χ4v) is 3.59. The Labute approximate surface area is 200 Å². The quantitative estimate of drug-likeness (QED) is 0.239. The van der Waals surface area contributed by atoms with E-state index >= 15 is 0 Å². The molecule has 0 spiro atoms. The van der Waals surface area contributed by atoms with E-state index < -0.39 is 17.4 Å². The first-order valence-corrected chi connectivity index (χ1v) is 10.8. The van der Waals surface area contributed by atoms with E-state index in [1.54, 1.807) is 72.8 Å². The fourth-order valence-electron chi connectivity index (χ4n) is 3.59. The molecule has 0 amide bonds. The molecule has 6 nitrogen and oxygen atoms in total. The number of benzene rings is 4. The number of rotatable bonds is 5. The largest absolute Gasteiger partial charge is 0.456 e. The number of hydrogen-bond donors (Lipinski definition) is 0. The van der Waals surface area contributed by atoms with E-state index in [4.69, 9.17) is 13.9 Å². The third-order valence-corrected chi connectivity index (χ3v) is 5.26. The van der Waals surface area contributed by atoms with E-state index in [0.29, 0.717) is 22.5 Å². The highest BCUT2D eigenvalue weighted by molar-refractivity contribution is 5.96. The minimum atomic E-state index is -0.662.